The molecule has 50 unspecified atom stereocenters. The second kappa shape index (κ2) is 56.5. The van der Waals surface area contributed by atoms with E-state index in [0.29, 0.717) is 0 Å². The third kappa shape index (κ3) is 29.1. The first-order chi connectivity index (χ1) is 61.5. The Morgan fingerprint density at radius 3 is 0.405 bits per heavy atom. The van der Waals surface area contributed by atoms with Crippen LogP contribution in [-0.4, -0.2) is 624 Å². The molecule has 50 atom stereocenters. The van der Waals surface area contributed by atoms with Gasteiger partial charge in [0.15, 0.2) is 6.29 Å². The maximum atomic E-state index is 11.1. The molecule has 0 aromatic rings. The number of ether oxygens (including phenoxy) is 17. The number of hydrogen-bond donors (Lipinski definition) is 36. The molecule has 38 N–H and O–H groups in total. The fourth-order valence-electron chi connectivity index (χ4n) is 17.3. The van der Waals surface area contributed by atoms with Gasteiger partial charge in [-0.3, -0.25) is 0 Å². The summed E-state index contributed by atoms with van der Waals surface area (Å²) in [6, 6.07) is 0. The van der Waals surface area contributed by atoms with E-state index >= 15 is 0 Å². The van der Waals surface area contributed by atoms with Crippen LogP contribution in [0.3, 0.4) is 0 Å². The monoisotopic (exact) mass is 1930 g/mol. The van der Waals surface area contributed by atoms with Crippen LogP contribution in [0.4, 0.5) is 0 Å². The van der Waals surface area contributed by atoms with Crippen molar-refractivity contribution in [2.45, 2.75) is 270 Å². The second-order valence-electron chi connectivity index (χ2n) is 33.9. The lowest BCUT2D eigenvalue weighted by Crippen LogP contribution is -2.60. The van der Waals surface area contributed by atoms with Crippen molar-refractivity contribution in [1.29, 1.82) is 0 Å². The van der Waals surface area contributed by atoms with E-state index in [2.05, 4.69) is 0 Å². The van der Waals surface area contributed by atoms with Crippen LogP contribution in [0.1, 0.15) is 7.43 Å². The lowest BCUT2D eigenvalue weighted by Gasteiger charge is -2.44. The average Bonchev–Trinajstić information content (AvgIpc) is 0.785. The minimum atomic E-state index is -1.63. The Hall–Kier alpha value is -2.16. The van der Waals surface area contributed by atoms with Crippen LogP contribution >= 0.6 is 0 Å². The molecule has 0 saturated carbocycles. The molecule has 10 saturated heterocycles. The van der Waals surface area contributed by atoms with E-state index in [1.165, 1.54) is 0 Å². The first-order valence-corrected chi connectivity index (χ1v) is 42.7. The SMILES string of the molecule is C.O.OCC1OC(COCC2C(CO)OC(COCC3C(CO)OC(CO)C(O)C3O)C(O)C2O)C(O)C(O)C1O.OCC1OC(COCC2C(CO)OC(COCC3C(CO)OC(COCC4C(CO)OC(COCC5C(CO)OC(CO)C(O)C5O)C(O)C4O)C(O)C3O)C(O)C2O)C(O)C(O)C1O.OCC1OC(COCC2C(CO)OC(O)C(O)C2O)C(O)C(O)C1O. The summed E-state index contributed by atoms with van der Waals surface area (Å²) >= 11 is 0. The normalized spacial score (nSPS) is 46.9. The van der Waals surface area contributed by atoms with Crippen LogP contribution < -0.4 is 0 Å². The topological polar surface area (TPSA) is 917 Å². The summed E-state index contributed by atoms with van der Waals surface area (Å²) in [7, 11) is 0. The Morgan fingerprint density at radius 2 is 0.244 bits per heavy atom. The average molecular weight is 1930 g/mol. The van der Waals surface area contributed by atoms with E-state index in [-0.39, 0.29) is 105 Å². The Morgan fingerprint density at radius 1 is 0.130 bits per heavy atom. The van der Waals surface area contributed by atoms with Gasteiger partial charge in [0.05, 0.1) is 257 Å². The van der Waals surface area contributed by atoms with Crippen LogP contribution in [0.25, 0.3) is 0 Å². The van der Waals surface area contributed by atoms with Gasteiger partial charge in [-0.15, -0.1) is 0 Å². The molecule has 776 valence electrons. The van der Waals surface area contributed by atoms with Gasteiger partial charge >= 0.3 is 0 Å². The fourth-order valence-corrected chi connectivity index (χ4v) is 17.3. The summed E-state index contributed by atoms with van der Waals surface area (Å²) in [5.74, 6) is -6.58. The van der Waals surface area contributed by atoms with Gasteiger partial charge in [-0.2, -0.15) is 0 Å². The van der Waals surface area contributed by atoms with E-state index in [1.54, 1.807) is 0 Å². The molecular formula is C77H144O54. The largest absolute Gasteiger partial charge is 0.412 e. The van der Waals surface area contributed by atoms with Gasteiger partial charge in [0.2, 0.25) is 0 Å². The van der Waals surface area contributed by atoms with Crippen molar-refractivity contribution in [3.8, 4) is 0 Å². The first kappa shape index (κ1) is 118. The molecule has 10 heterocycles. The van der Waals surface area contributed by atoms with Crippen molar-refractivity contribution in [2.75, 3.05) is 172 Å². The number of aliphatic hydroxyl groups excluding tert-OH is 36. The fraction of sp³-hybridized carbons (Fsp3) is 1.00. The van der Waals surface area contributed by atoms with Crippen LogP contribution in [0.5, 0.6) is 0 Å². The van der Waals surface area contributed by atoms with Gasteiger partial charge < -0.3 is 270 Å². The molecule has 10 fully saturated rings. The third-order valence-corrected chi connectivity index (χ3v) is 25.6. The van der Waals surface area contributed by atoms with E-state index in [1.807, 2.05) is 0 Å². The molecule has 54 heteroatoms. The van der Waals surface area contributed by atoms with Gasteiger partial charge in [-0.1, -0.05) is 7.43 Å². The lowest BCUT2D eigenvalue weighted by molar-refractivity contribution is -0.282. The van der Waals surface area contributed by atoms with Crippen LogP contribution in [0.2, 0.25) is 0 Å². The van der Waals surface area contributed by atoms with E-state index in [0.717, 1.165) is 0 Å². The maximum Gasteiger partial charge on any atom is 0.183 e. The molecule has 0 aromatic carbocycles. The van der Waals surface area contributed by atoms with Crippen molar-refractivity contribution >= 4 is 0 Å². The van der Waals surface area contributed by atoms with E-state index in [9.17, 15) is 179 Å². The van der Waals surface area contributed by atoms with Crippen LogP contribution in [0, 0.1) is 41.4 Å². The Labute approximate surface area is 750 Å². The van der Waals surface area contributed by atoms with Crippen LogP contribution in [0.15, 0.2) is 0 Å². The summed E-state index contributed by atoms with van der Waals surface area (Å²) in [4.78, 5) is 0. The van der Waals surface area contributed by atoms with Gasteiger partial charge in [0.25, 0.3) is 0 Å². The Bertz CT molecular complexity index is 3040. The molecule has 0 amide bonds. The Kier molecular flexibility index (Phi) is 50.7. The Balaban J connectivity index is 0.000000337. The number of aliphatic hydroxyl groups is 36. The molecule has 0 aliphatic carbocycles. The van der Waals surface area contributed by atoms with E-state index < -0.39 is 383 Å². The highest BCUT2D eigenvalue weighted by Crippen LogP contribution is 2.37. The van der Waals surface area contributed by atoms with Gasteiger partial charge in [-0.05, 0) is 0 Å². The minimum Gasteiger partial charge on any atom is -0.412 e. The molecule has 54 nitrogen and oxygen atoms in total. The number of rotatable bonds is 40. The highest BCUT2D eigenvalue weighted by Gasteiger charge is 2.55. The van der Waals surface area contributed by atoms with Crippen molar-refractivity contribution in [1.82, 2.24) is 0 Å². The lowest BCUT2D eigenvalue weighted by atomic mass is 9.86. The van der Waals surface area contributed by atoms with Crippen molar-refractivity contribution in [3.63, 3.8) is 0 Å². The zero-order chi connectivity index (χ0) is 95.3. The second-order valence-corrected chi connectivity index (χ2v) is 33.9. The van der Waals surface area contributed by atoms with E-state index in [4.69, 9.17) is 85.6 Å². The number of hydrogen-bond acceptors (Lipinski definition) is 53. The molecule has 0 bridgehead atoms. The van der Waals surface area contributed by atoms with Gasteiger partial charge in [0, 0.05) is 41.4 Å². The molecular weight excluding hydrogens is 1790 g/mol. The first-order valence-electron chi connectivity index (χ1n) is 42.7. The minimum absolute atomic E-state index is 0. The van der Waals surface area contributed by atoms with Crippen molar-refractivity contribution in [2.24, 2.45) is 41.4 Å². The smallest absolute Gasteiger partial charge is 0.183 e. The molecule has 10 rings (SSSR count). The van der Waals surface area contributed by atoms with Crippen molar-refractivity contribution < 1.29 is 270 Å². The predicted octanol–water partition coefficient (Wildman–Crippen LogP) is -23.0. The molecule has 10 aliphatic rings. The molecule has 131 heavy (non-hydrogen) atoms. The zero-order valence-electron chi connectivity index (χ0n) is 70.8. The zero-order valence-corrected chi connectivity index (χ0v) is 70.8. The van der Waals surface area contributed by atoms with Gasteiger partial charge in [0.1, 0.15) is 171 Å². The summed E-state index contributed by atoms with van der Waals surface area (Å²) in [6.45, 7) is -11.2. The predicted molar refractivity (Wildman–Crippen MR) is 423 cm³/mol. The highest BCUT2D eigenvalue weighted by molar-refractivity contribution is 5.02. The third-order valence-electron chi connectivity index (χ3n) is 25.6. The highest BCUT2D eigenvalue weighted by atomic mass is 16.7. The summed E-state index contributed by atoms with van der Waals surface area (Å²) < 4.78 is 94.0. The van der Waals surface area contributed by atoms with Crippen LogP contribution in [-0.2, 0) is 80.5 Å². The maximum absolute atomic E-state index is 11.1. The standard InChI is InChI=1S/C39H70O26.C23H42O16.C14H26O11.CH4.H2O/c40-1-19-15(29(46)33(50)23(5-44)61-19)7-57-11-25-35(52)30(47)16(20(2-41)62-25)8-58-12-26-36(53)31(48)17(21(3-42)63-26)9-59-13-27-37(54)32(49)18(22(4-43)64-27)10-60-14-28-38(55)39(56)34(51)24(6-45)65-28;24-1-11-9(17(28)19(30)13(3-26)37-11)5-35-7-15-21(32)18(29)10(12(2-25)38-15)6-36-8-16-22(33)23(34)20(31)14(4-27)39-16;15-1-6-5(9(17)13(21)14(22)25-6)3-23-4-8-11(19)12(20)10(18)7(2-16)24-8;;/h15-56H,1-14H2;9-34H,1-8H2;5-22H,1-4H2;1H4;1H2. The summed E-state index contributed by atoms with van der Waals surface area (Å²) in [6.07, 6.45) is -56.9. The van der Waals surface area contributed by atoms with Gasteiger partial charge in [-0.25, -0.2) is 0 Å². The molecule has 0 radical (unpaired) electrons. The quantitative estimate of drug-likeness (QED) is 0.0271. The molecule has 0 aromatic heterocycles. The molecule has 0 spiro atoms. The summed E-state index contributed by atoms with van der Waals surface area (Å²) in [5.41, 5.74) is 0. The summed E-state index contributed by atoms with van der Waals surface area (Å²) in [5, 5.41) is 362. The van der Waals surface area contributed by atoms with Crippen molar-refractivity contribution in [3.05, 3.63) is 0 Å². The molecule has 10 aliphatic heterocycles.